The van der Waals surface area contributed by atoms with E-state index in [2.05, 4.69) is 15.0 Å². The summed E-state index contributed by atoms with van der Waals surface area (Å²) in [5.41, 5.74) is 8.99. The molecule has 3 rings (SSSR count). The molecule has 0 aliphatic rings. The fourth-order valence-corrected chi connectivity index (χ4v) is 3.33. The van der Waals surface area contributed by atoms with E-state index < -0.39 is 4.92 Å². The lowest BCUT2D eigenvalue weighted by atomic mass is 10.0. The summed E-state index contributed by atoms with van der Waals surface area (Å²) in [6.45, 7) is 3.11. The first kappa shape index (κ1) is 26.6. The maximum atomic E-state index is 11.8. The highest BCUT2D eigenvalue weighted by molar-refractivity contribution is 5.96. The number of nitrogens with zero attached hydrogens (tertiary/aromatic N) is 5. The van der Waals surface area contributed by atoms with E-state index >= 15 is 0 Å². The van der Waals surface area contributed by atoms with Gasteiger partial charge < -0.3 is 23.7 Å². The molecule has 0 atom stereocenters. The Morgan fingerprint density at radius 1 is 0.944 bits per heavy atom. The number of aromatic nitrogens is 1. The van der Waals surface area contributed by atoms with Crippen LogP contribution in [0.1, 0.15) is 0 Å². The second-order valence-corrected chi connectivity index (χ2v) is 7.33. The lowest BCUT2D eigenvalue weighted by Crippen LogP contribution is -2.13. The highest BCUT2D eigenvalue weighted by Crippen LogP contribution is 2.36. The van der Waals surface area contributed by atoms with Gasteiger partial charge in [0, 0.05) is 28.6 Å². The molecular formula is C24H27N5O7. The summed E-state index contributed by atoms with van der Waals surface area (Å²) in [5.74, 6) is 1.22. The van der Waals surface area contributed by atoms with Crippen LogP contribution in [-0.2, 0) is 14.2 Å². The summed E-state index contributed by atoms with van der Waals surface area (Å²) in [5, 5.41) is 16.3. The molecule has 0 aliphatic carbocycles. The standard InChI is InChI=1S/C24H27N5O7/c1-32-21-6-7-22-19(16-21)17-26-23(24(22)29(30)31)18-2-4-20(5-3-18)36-15-14-35-13-12-34-11-10-33-9-8-27-28-25/h2-7,16-17H,8-15H2,1H3. The summed E-state index contributed by atoms with van der Waals surface area (Å²) < 4.78 is 26.9. The highest BCUT2D eigenvalue weighted by Gasteiger charge is 2.21. The van der Waals surface area contributed by atoms with Crippen molar-refractivity contribution in [3.05, 3.63) is 69.2 Å². The van der Waals surface area contributed by atoms with Crippen molar-refractivity contribution in [1.82, 2.24) is 4.98 Å². The second-order valence-electron chi connectivity index (χ2n) is 7.33. The SMILES string of the molecule is COc1ccc2c([N+](=O)[O-])c(-c3ccc(OCCOCCOCCOCCN=[N+]=[N-])cc3)ncc2c1. The van der Waals surface area contributed by atoms with Crippen molar-refractivity contribution in [2.24, 2.45) is 5.11 Å². The van der Waals surface area contributed by atoms with Crippen molar-refractivity contribution in [1.29, 1.82) is 0 Å². The minimum Gasteiger partial charge on any atom is -0.497 e. The van der Waals surface area contributed by atoms with Crippen LogP contribution in [0.3, 0.4) is 0 Å². The smallest absolute Gasteiger partial charge is 0.303 e. The van der Waals surface area contributed by atoms with Crippen LogP contribution >= 0.6 is 0 Å². The molecule has 3 aromatic rings. The van der Waals surface area contributed by atoms with Gasteiger partial charge in [0.1, 0.15) is 23.8 Å². The van der Waals surface area contributed by atoms with Crippen molar-refractivity contribution in [2.75, 3.05) is 59.9 Å². The number of fused-ring (bicyclic) bond motifs is 1. The van der Waals surface area contributed by atoms with Gasteiger partial charge in [0.2, 0.25) is 0 Å². The molecule has 0 spiro atoms. The first-order chi connectivity index (χ1) is 17.6. The average Bonchev–Trinajstić information content (AvgIpc) is 2.90. The molecule has 1 aromatic heterocycles. The van der Waals surface area contributed by atoms with E-state index in [-0.39, 0.29) is 11.4 Å². The number of ether oxygens (including phenoxy) is 5. The molecule has 0 aliphatic heterocycles. The monoisotopic (exact) mass is 497 g/mol. The van der Waals surface area contributed by atoms with E-state index in [1.807, 2.05) is 0 Å². The Morgan fingerprint density at radius 2 is 1.58 bits per heavy atom. The Bertz CT molecular complexity index is 1180. The van der Waals surface area contributed by atoms with Gasteiger partial charge in [-0.15, -0.1) is 0 Å². The lowest BCUT2D eigenvalue weighted by Gasteiger charge is -2.10. The zero-order chi connectivity index (χ0) is 25.6. The van der Waals surface area contributed by atoms with Gasteiger partial charge in [-0.25, -0.2) is 4.98 Å². The third kappa shape index (κ3) is 7.79. The predicted octanol–water partition coefficient (Wildman–Crippen LogP) is 4.56. The molecule has 12 heteroatoms. The van der Waals surface area contributed by atoms with Crippen molar-refractivity contribution < 1.29 is 28.6 Å². The van der Waals surface area contributed by atoms with Crippen molar-refractivity contribution in [3.63, 3.8) is 0 Å². The zero-order valence-electron chi connectivity index (χ0n) is 19.9. The van der Waals surface area contributed by atoms with E-state index in [4.69, 9.17) is 29.2 Å². The Hall–Kier alpha value is -3.96. The maximum Gasteiger partial charge on any atom is 0.303 e. The van der Waals surface area contributed by atoms with E-state index in [1.165, 1.54) is 0 Å². The Morgan fingerprint density at radius 3 is 2.22 bits per heavy atom. The minimum atomic E-state index is -0.415. The normalized spacial score (nSPS) is 10.7. The maximum absolute atomic E-state index is 11.8. The number of hydrogen-bond donors (Lipinski definition) is 0. The summed E-state index contributed by atoms with van der Waals surface area (Å²) in [7, 11) is 1.54. The molecule has 2 aromatic carbocycles. The molecule has 0 radical (unpaired) electrons. The lowest BCUT2D eigenvalue weighted by molar-refractivity contribution is -0.382. The molecule has 0 amide bonds. The molecule has 0 saturated heterocycles. The van der Waals surface area contributed by atoms with E-state index in [0.717, 1.165) is 0 Å². The van der Waals surface area contributed by atoms with Gasteiger partial charge in [-0.05, 0) is 48.0 Å². The van der Waals surface area contributed by atoms with Crippen LogP contribution in [0.2, 0.25) is 0 Å². The number of nitro groups is 1. The van der Waals surface area contributed by atoms with Crippen molar-refractivity contribution >= 4 is 16.5 Å². The van der Waals surface area contributed by atoms with Crippen LogP contribution in [0.5, 0.6) is 11.5 Å². The molecule has 190 valence electrons. The molecular weight excluding hydrogens is 470 g/mol. The number of methoxy groups -OCH3 is 1. The van der Waals surface area contributed by atoms with Crippen LogP contribution in [0.15, 0.2) is 53.8 Å². The summed E-state index contributed by atoms with van der Waals surface area (Å²) in [4.78, 5) is 18.4. The van der Waals surface area contributed by atoms with Crippen molar-refractivity contribution in [3.8, 4) is 22.8 Å². The van der Waals surface area contributed by atoms with Crippen molar-refractivity contribution in [2.45, 2.75) is 0 Å². The van der Waals surface area contributed by atoms with Crippen LogP contribution in [-0.4, -0.2) is 69.8 Å². The quantitative estimate of drug-likeness (QED) is 0.0697. The number of rotatable bonds is 16. The molecule has 0 fully saturated rings. The van der Waals surface area contributed by atoms with Crippen LogP contribution in [0.4, 0.5) is 5.69 Å². The highest BCUT2D eigenvalue weighted by atomic mass is 16.6. The van der Waals surface area contributed by atoms with Gasteiger partial charge in [0.15, 0.2) is 0 Å². The number of azide groups is 1. The van der Waals surface area contributed by atoms with Gasteiger partial charge in [0.05, 0.1) is 57.1 Å². The van der Waals surface area contributed by atoms with Crippen LogP contribution < -0.4 is 9.47 Å². The minimum absolute atomic E-state index is 0.0563. The number of hydrogen-bond acceptors (Lipinski definition) is 9. The van der Waals surface area contributed by atoms with Gasteiger partial charge in [-0.2, -0.15) is 0 Å². The third-order valence-electron chi connectivity index (χ3n) is 5.02. The summed E-state index contributed by atoms with van der Waals surface area (Å²) in [6.07, 6.45) is 1.60. The number of pyridine rings is 1. The molecule has 0 bridgehead atoms. The van der Waals surface area contributed by atoms with E-state index in [1.54, 1.807) is 55.8 Å². The summed E-state index contributed by atoms with van der Waals surface area (Å²) in [6, 6.07) is 12.0. The molecule has 0 saturated carbocycles. The molecule has 36 heavy (non-hydrogen) atoms. The van der Waals surface area contributed by atoms with Gasteiger partial charge >= 0.3 is 5.69 Å². The Labute approximate surface area is 207 Å². The molecule has 0 unspecified atom stereocenters. The summed E-state index contributed by atoms with van der Waals surface area (Å²) >= 11 is 0. The Balaban J connectivity index is 1.43. The zero-order valence-corrected chi connectivity index (χ0v) is 19.9. The topological polar surface area (TPSA) is 151 Å². The predicted molar refractivity (Wildman–Crippen MR) is 132 cm³/mol. The Kier molecular flexibility index (Phi) is 10.7. The first-order valence-electron chi connectivity index (χ1n) is 11.2. The van der Waals surface area contributed by atoms with Crippen LogP contribution in [0, 0.1) is 10.1 Å². The van der Waals surface area contributed by atoms with Gasteiger partial charge in [-0.3, -0.25) is 10.1 Å². The van der Waals surface area contributed by atoms with Gasteiger partial charge in [0.25, 0.3) is 0 Å². The van der Waals surface area contributed by atoms with Gasteiger partial charge in [-0.1, -0.05) is 5.11 Å². The van der Waals surface area contributed by atoms with Crippen LogP contribution in [0.25, 0.3) is 32.5 Å². The fraction of sp³-hybridized carbons (Fsp3) is 0.375. The van der Waals surface area contributed by atoms with E-state index in [0.29, 0.717) is 80.6 Å². The molecule has 12 nitrogen and oxygen atoms in total. The average molecular weight is 498 g/mol. The third-order valence-corrected chi connectivity index (χ3v) is 5.02. The molecule has 1 heterocycles. The first-order valence-corrected chi connectivity index (χ1v) is 11.2. The van der Waals surface area contributed by atoms with E-state index in [9.17, 15) is 10.1 Å². The molecule has 0 N–H and O–H groups in total. The second kappa shape index (κ2) is 14.4. The largest absolute Gasteiger partial charge is 0.497 e. The number of benzene rings is 2. The fourth-order valence-electron chi connectivity index (χ4n) is 3.33.